The highest BCUT2D eigenvalue weighted by Crippen LogP contribution is 2.31. The number of amides is 1. The highest BCUT2D eigenvalue weighted by molar-refractivity contribution is 6.16. The Kier molecular flexibility index (Phi) is 3.02. The van der Waals surface area contributed by atoms with Crippen molar-refractivity contribution >= 4 is 23.0 Å². The molecule has 1 aromatic heterocycles. The van der Waals surface area contributed by atoms with Crippen LogP contribution in [0.15, 0.2) is 35.6 Å². The first-order chi connectivity index (χ1) is 9.63. The lowest BCUT2D eigenvalue weighted by atomic mass is 10.1. The molecular weight excluding hydrogens is 252 g/mol. The number of fused-ring (bicyclic) bond motifs is 1. The number of hydrogen-bond donors (Lipinski definition) is 1. The van der Waals surface area contributed by atoms with Gasteiger partial charge in [-0.1, -0.05) is 0 Å². The van der Waals surface area contributed by atoms with Crippen LogP contribution in [0.3, 0.4) is 0 Å². The van der Waals surface area contributed by atoms with E-state index in [2.05, 4.69) is 20.5 Å². The van der Waals surface area contributed by atoms with Gasteiger partial charge in [-0.05, 0) is 43.2 Å². The summed E-state index contributed by atoms with van der Waals surface area (Å²) in [5, 5.41) is 10.5. The van der Waals surface area contributed by atoms with Gasteiger partial charge in [-0.15, -0.1) is 0 Å². The number of carbonyl (C=O) groups is 1. The Morgan fingerprint density at radius 1 is 1.15 bits per heavy atom. The standard InChI is InChI=1S/C15H14N4O/c1-9-5-13-14(6-10(9)2)19-15(20)7-12(18-13)11-3-4-16-17-8-11/h3-6,8H,7H2,1-2H3,(H,19,20). The number of aliphatic imine (C=N–C) groups is 1. The van der Waals surface area contributed by atoms with E-state index in [0.717, 1.165) is 28.1 Å². The third kappa shape index (κ3) is 2.30. The number of aromatic nitrogens is 2. The van der Waals surface area contributed by atoms with E-state index in [4.69, 9.17) is 0 Å². The zero-order chi connectivity index (χ0) is 14.1. The largest absolute Gasteiger partial charge is 0.324 e. The second kappa shape index (κ2) is 4.85. The first kappa shape index (κ1) is 12.5. The van der Waals surface area contributed by atoms with Gasteiger partial charge in [0.25, 0.3) is 0 Å². The average molecular weight is 266 g/mol. The van der Waals surface area contributed by atoms with E-state index >= 15 is 0 Å². The van der Waals surface area contributed by atoms with Gasteiger partial charge in [0.15, 0.2) is 0 Å². The number of carbonyl (C=O) groups excluding carboxylic acids is 1. The fourth-order valence-electron chi connectivity index (χ4n) is 2.15. The molecule has 5 nitrogen and oxygen atoms in total. The van der Waals surface area contributed by atoms with Crippen molar-refractivity contribution in [1.82, 2.24) is 10.2 Å². The lowest BCUT2D eigenvalue weighted by Crippen LogP contribution is -2.15. The van der Waals surface area contributed by atoms with Crippen LogP contribution in [0, 0.1) is 13.8 Å². The molecule has 5 heteroatoms. The zero-order valence-corrected chi connectivity index (χ0v) is 11.3. The number of hydrogen-bond acceptors (Lipinski definition) is 4. The molecule has 0 fully saturated rings. The van der Waals surface area contributed by atoms with Crippen molar-refractivity contribution in [3.05, 3.63) is 47.3 Å². The Labute approximate surface area is 116 Å². The average Bonchev–Trinajstić information content (AvgIpc) is 2.59. The highest BCUT2D eigenvalue weighted by Gasteiger charge is 2.18. The van der Waals surface area contributed by atoms with E-state index in [1.54, 1.807) is 12.4 Å². The summed E-state index contributed by atoms with van der Waals surface area (Å²) >= 11 is 0. The summed E-state index contributed by atoms with van der Waals surface area (Å²) in [6.07, 6.45) is 3.46. The third-order valence-corrected chi connectivity index (χ3v) is 3.39. The highest BCUT2D eigenvalue weighted by atomic mass is 16.1. The minimum absolute atomic E-state index is 0.0671. The molecule has 0 unspecified atom stereocenters. The summed E-state index contributed by atoms with van der Waals surface area (Å²) in [5.74, 6) is -0.0671. The van der Waals surface area contributed by atoms with Gasteiger partial charge in [0, 0.05) is 5.56 Å². The molecule has 1 N–H and O–H groups in total. The van der Waals surface area contributed by atoms with E-state index in [0.29, 0.717) is 5.71 Å². The normalized spacial score (nSPS) is 14.1. The molecule has 1 aromatic carbocycles. The van der Waals surface area contributed by atoms with Gasteiger partial charge in [-0.3, -0.25) is 9.79 Å². The van der Waals surface area contributed by atoms with Crippen LogP contribution >= 0.6 is 0 Å². The molecule has 0 aliphatic carbocycles. The number of benzene rings is 1. The zero-order valence-electron chi connectivity index (χ0n) is 11.3. The number of aryl methyl sites for hydroxylation is 2. The smallest absolute Gasteiger partial charge is 0.230 e. The number of rotatable bonds is 1. The van der Waals surface area contributed by atoms with Crippen LogP contribution in [0.25, 0.3) is 0 Å². The Balaban J connectivity index is 2.14. The number of anilines is 1. The van der Waals surface area contributed by atoms with Crippen molar-refractivity contribution in [1.29, 1.82) is 0 Å². The van der Waals surface area contributed by atoms with Crippen molar-refractivity contribution in [3.63, 3.8) is 0 Å². The molecule has 0 saturated heterocycles. The topological polar surface area (TPSA) is 67.2 Å². The van der Waals surface area contributed by atoms with Crippen molar-refractivity contribution < 1.29 is 4.79 Å². The molecular formula is C15H14N4O. The van der Waals surface area contributed by atoms with Crippen LogP contribution in [0.5, 0.6) is 0 Å². The molecule has 0 saturated carbocycles. The predicted molar refractivity (Wildman–Crippen MR) is 77.4 cm³/mol. The van der Waals surface area contributed by atoms with Crippen molar-refractivity contribution in [2.24, 2.45) is 4.99 Å². The van der Waals surface area contributed by atoms with Crippen LogP contribution in [-0.2, 0) is 4.79 Å². The summed E-state index contributed by atoms with van der Waals surface area (Å²) in [4.78, 5) is 16.6. The molecule has 0 radical (unpaired) electrons. The summed E-state index contributed by atoms with van der Waals surface area (Å²) < 4.78 is 0. The first-order valence-corrected chi connectivity index (χ1v) is 6.39. The molecule has 100 valence electrons. The first-order valence-electron chi connectivity index (χ1n) is 6.39. The summed E-state index contributed by atoms with van der Waals surface area (Å²) in [6.45, 7) is 4.05. The summed E-state index contributed by atoms with van der Waals surface area (Å²) in [7, 11) is 0. The molecule has 0 spiro atoms. The molecule has 0 bridgehead atoms. The lowest BCUT2D eigenvalue weighted by molar-refractivity contribution is -0.115. The maximum atomic E-state index is 12.0. The van der Waals surface area contributed by atoms with E-state index < -0.39 is 0 Å². The third-order valence-electron chi connectivity index (χ3n) is 3.39. The SMILES string of the molecule is Cc1cc2c(cc1C)NC(=O)CC(c1ccnnc1)=N2. The Hall–Kier alpha value is -2.56. The Morgan fingerprint density at radius 3 is 2.70 bits per heavy atom. The summed E-state index contributed by atoms with van der Waals surface area (Å²) in [5.41, 5.74) is 5.35. The van der Waals surface area contributed by atoms with Crippen LogP contribution in [-0.4, -0.2) is 21.8 Å². The van der Waals surface area contributed by atoms with E-state index in [-0.39, 0.29) is 12.3 Å². The van der Waals surface area contributed by atoms with Gasteiger partial charge < -0.3 is 5.32 Å². The lowest BCUT2D eigenvalue weighted by Gasteiger charge is -2.08. The maximum Gasteiger partial charge on any atom is 0.230 e. The second-order valence-electron chi connectivity index (χ2n) is 4.87. The summed E-state index contributed by atoms with van der Waals surface area (Å²) in [6, 6.07) is 5.76. The van der Waals surface area contributed by atoms with Crippen LogP contribution in [0.1, 0.15) is 23.1 Å². The van der Waals surface area contributed by atoms with Crippen molar-refractivity contribution in [2.45, 2.75) is 20.3 Å². The van der Waals surface area contributed by atoms with Crippen LogP contribution in [0.2, 0.25) is 0 Å². The molecule has 2 aromatic rings. The Bertz CT molecular complexity index is 707. The molecule has 2 heterocycles. The fraction of sp³-hybridized carbons (Fsp3) is 0.200. The van der Waals surface area contributed by atoms with Gasteiger partial charge in [-0.25, -0.2) is 0 Å². The van der Waals surface area contributed by atoms with Crippen molar-refractivity contribution in [2.75, 3.05) is 5.32 Å². The van der Waals surface area contributed by atoms with Gasteiger partial charge in [0.2, 0.25) is 5.91 Å². The van der Waals surface area contributed by atoms with Gasteiger partial charge in [-0.2, -0.15) is 10.2 Å². The number of nitrogens with zero attached hydrogens (tertiary/aromatic N) is 3. The molecule has 1 aliphatic heterocycles. The quantitative estimate of drug-likeness (QED) is 0.862. The van der Waals surface area contributed by atoms with E-state index in [9.17, 15) is 4.79 Å². The van der Waals surface area contributed by atoms with Gasteiger partial charge >= 0.3 is 0 Å². The molecule has 1 amide bonds. The molecule has 3 rings (SSSR count). The molecule has 1 aliphatic rings. The van der Waals surface area contributed by atoms with Crippen LogP contribution < -0.4 is 5.32 Å². The number of nitrogens with one attached hydrogen (secondary N) is 1. The Morgan fingerprint density at radius 2 is 1.95 bits per heavy atom. The maximum absolute atomic E-state index is 12.0. The second-order valence-corrected chi connectivity index (χ2v) is 4.87. The minimum atomic E-state index is -0.0671. The van der Waals surface area contributed by atoms with Gasteiger partial charge in [0.05, 0.1) is 35.9 Å². The molecule has 20 heavy (non-hydrogen) atoms. The van der Waals surface area contributed by atoms with E-state index in [1.165, 1.54) is 0 Å². The minimum Gasteiger partial charge on any atom is -0.324 e. The van der Waals surface area contributed by atoms with Crippen molar-refractivity contribution in [3.8, 4) is 0 Å². The molecule has 0 atom stereocenters. The van der Waals surface area contributed by atoms with E-state index in [1.807, 2.05) is 32.0 Å². The predicted octanol–water partition coefficient (Wildman–Crippen LogP) is 2.56. The van der Waals surface area contributed by atoms with Crippen LogP contribution in [0.4, 0.5) is 11.4 Å². The fourth-order valence-corrected chi connectivity index (χ4v) is 2.15. The van der Waals surface area contributed by atoms with Gasteiger partial charge in [0.1, 0.15) is 0 Å². The monoisotopic (exact) mass is 266 g/mol.